The molecule has 1 aliphatic rings. The number of carboxylic acid groups (broad SMARTS) is 2. The van der Waals surface area contributed by atoms with Crippen LogP contribution in [0.3, 0.4) is 0 Å². The molecule has 478 valence electrons. The van der Waals surface area contributed by atoms with Gasteiger partial charge in [-0.05, 0) is 72.4 Å². The first-order valence-corrected chi connectivity index (χ1v) is 29.2. The molecule has 0 saturated heterocycles. The first kappa shape index (κ1) is 69.6. The molecule has 1 heterocycles. The number of para-hydroxylation sites is 1. The molecule has 1 aromatic heterocycles. The van der Waals surface area contributed by atoms with Gasteiger partial charge in [0, 0.05) is 42.9 Å². The van der Waals surface area contributed by atoms with Crippen LogP contribution >= 0.6 is 0 Å². The molecule has 1 aliphatic carbocycles. The highest BCUT2D eigenvalue weighted by molar-refractivity contribution is 5.99. The molecular weight excluding hydrogens is 1140 g/mol. The zero-order valence-corrected chi connectivity index (χ0v) is 49.2. The third-order valence-corrected chi connectivity index (χ3v) is 14.9. The van der Waals surface area contributed by atoms with Gasteiger partial charge in [-0.25, -0.2) is 4.79 Å². The number of carboxylic acids is 2. The lowest BCUT2D eigenvalue weighted by molar-refractivity contribution is -0.143. The minimum Gasteiger partial charge on any atom is -0.508 e. The zero-order valence-electron chi connectivity index (χ0n) is 49.2. The number of amides is 8. The maximum Gasteiger partial charge on any atom is 0.328 e. The SMILES string of the molecule is CC(C)C[C@H](NC(=O)[C@H](Cc1ccc(O)cc1)NC(=O)[C@@H](CCCNC(=N)N)NC(=O)[C@@H](CO)NC(=O)[C@H](Cc1ccccc1)NC(=O)[C@H](CC1CCCCC1)NC(=O)[C@@H](N)CC(=O)O)C(=O)N[C@@H](Cc1c[nH]c2ccccc12)C(=O)N[C@@H](CO)C(=O)O. The Morgan fingerprint density at radius 2 is 1.06 bits per heavy atom. The third-order valence-electron chi connectivity index (χ3n) is 14.9. The summed E-state index contributed by atoms with van der Waals surface area (Å²) in [5.41, 5.74) is 13.6. The zero-order chi connectivity index (χ0) is 64.5. The van der Waals surface area contributed by atoms with E-state index in [0.717, 1.165) is 32.1 Å². The second-order valence-electron chi connectivity index (χ2n) is 22.4. The largest absolute Gasteiger partial charge is 0.508 e. The number of hydrogen-bond donors (Lipinski definition) is 18. The molecular formula is C60H83N13O15. The van der Waals surface area contributed by atoms with Gasteiger partial charge >= 0.3 is 11.9 Å². The Morgan fingerprint density at radius 3 is 1.62 bits per heavy atom. The van der Waals surface area contributed by atoms with Crippen molar-refractivity contribution in [2.24, 2.45) is 23.3 Å². The molecule has 9 atom stereocenters. The van der Waals surface area contributed by atoms with Crippen molar-refractivity contribution in [1.82, 2.24) is 52.8 Å². The number of H-pyrrole nitrogens is 1. The first-order chi connectivity index (χ1) is 41.9. The summed E-state index contributed by atoms with van der Waals surface area (Å²) in [6.07, 6.45) is 4.55. The van der Waals surface area contributed by atoms with Gasteiger partial charge in [-0.3, -0.25) is 48.6 Å². The second kappa shape index (κ2) is 34.9. The fourth-order valence-corrected chi connectivity index (χ4v) is 10.2. The Bertz CT molecular complexity index is 3030. The number of aromatic nitrogens is 1. The maximum atomic E-state index is 14.7. The molecule has 1 saturated carbocycles. The van der Waals surface area contributed by atoms with Crippen molar-refractivity contribution in [2.45, 2.75) is 152 Å². The van der Waals surface area contributed by atoms with Crippen LogP contribution in [-0.2, 0) is 67.2 Å². The highest BCUT2D eigenvalue weighted by Gasteiger charge is 2.37. The van der Waals surface area contributed by atoms with E-state index in [2.05, 4.69) is 52.8 Å². The molecule has 4 aromatic rings. The number of aliphatic hydroxyl groups is 2. The van der Waals surface area contributed by atoms with Gasteiger partial charge in [0.15, 0.2) is 5.96 Å². The number of hydrogen-bond acceptors (Lipinski definition) is 15. The summed E-state index contributed by atoms with van der Waals surface area (Å²) in [4.78, 5) is 140. The molecule has 28 nitrogen and oxygen atoms in total. The number of carbonyl (C=O) groups is 10. The lowest BCUT2D eigenvalue weighted by Crippen LogP contribution is -2.61. The van der Waals surface area contributed by atoms with Crippen LogP contribution in [0.25, 0.3) is 10.9 Å². The van der Waals surface area contributed by atoms with Gasteiger partial charge < -0.3 is 89.8 Å². The Morgan fingerprint density at radius 1 is 0.580 bits per heavy atom. The summed E-state index contributed by atoms with van der Waals surface area (Å²) >= 11 is 0. The number of nitrogens with two attached hydrogens (primary N) is 2. The van der Waals surface area contributed by atoms with Crippen molar-refractivity contribution < 1.29 is 73.5 Å². The number of benzene rings is 3. The first-order valence-electron chi connectivity index (χ1n) is 29.2. The third kappa shape index (κ3) is 22.6. The van der Waals surface area contributed by atoms with E-state index in [9.17, 15) is 73.5 Å². The number of aliphatic hydroxyl groups excluding tert-OH is 2. The maximum absolute atomic E-state index is 14.7. The summed E-state index contributed by atoms with van der Waals surface area (Å²) in [5.74, 6) is -11.2. The molecule has 1 fully saturated rings. The van der Waals surface area contributed by atoms with Crippen molar-refractivity contribution in [1.29, 1.82) is 5.41 Å². The molecule has 20 N–H and O–H groups in total. The van der Waals surface area contributed by atoms with Crippen LogP contribution in [0.2, 0.25) is 0 Å². The number of phenols is 1. The van der Waals surface area contributed by atoms with E-state index in [1.54, 1.807) is 74.6 Å². The predicted molar refractivity (Wildman–Crippen MR) is 321 cm³/mol. The topological polar surface area (TPSA) is 472 Å². The quantitative estimate of drug-likeness (QED) is 0.0148. The number of carbonyl (C=O) groups excluding carboxylic acids is 8. The van der Waals surface area contributed by atoms with E-state index >= 15 is 0 Å². The van der Waals surface area contributed by atoms with Crippen LogP contribution in [0.1, 0.15) is 94.7 Å². The lowest BCUT2D eigenvalue weighted by Gasteiger charge is -2.29. The number of phenolic OH excluding ortho intramolecular Hbond substituents is 1. The highest BCUT2D eigenvalue weighted by Crippen LogP contribution is 2.28. The summed E-state index contributed by atoms with van der Waals surface area (Å²) < 4.78 is 0. The van der Waals surface area contributed by atoms with Gasteiger partial charge in [0.1, 0.15) is 54.1 Å². The van der Waals surface area contributed by atoms with E-state index in [4.69, 9.17) is 16.9 Å². The average molecular weight is 1230 g/mol. The van der Waals surface area contributed by atoms with Crippen molar-refractivity contribution >= 4 is 76.1 Å². The number of guanidine groups is 1. The summed E-state index contributed by atoms with van der Waals surface area (Å²) in [6, 6.07) is 7.53. The number of fused-ring (bicyclic) bond motifs is 1. The molecule has 5 rings (SSSR count). The number of aliphatic carboxylic acids is 2. The molecule has 8 amide bonds. The Hall–Kier alpha value is -9.15. The molecule has 0 bridgehead atoms. The van der Waals surface area contributed by atoms with E-state index in [1.807, 2.05) is 0 Å². The lowest BCUT2D eigenvalue weighted by atomic mass is 9.84. The minimum absolute atomic E-state index is 0.00287. The highest BCUT2D eigenvalue weighted by atomic mass is 16.4. The fourth-order valence-electron chi connectivity index (χ4n) is 10.2. The van der Waals surface area contributed by atoms with Gasteiger partial charge in [0.2, 0.25) is 47.3 Å². The number of rotatable bonds is 35. The van der Waals surface area contributed by atoms with Crippen molar-refractivity contribution in [3.63, 3.8) is 0 Å². The smallest absolute Gasteiger partial charge is 0.328 e. The summed E-state index contributed by atoms with van der Waals surface area (Å²) in [6.45, 7) is 1.53. The standard InChI is InChI=1S/C60H83N13O15/c1-33(2)24-43(53(81)71-47(57(85)73-49(32-75)59(87)88)28-37-30-65-41-17-10-9-16-39(37)41)68-55(83)46(27-36-19-21-38(76)22-20-36)69-52(80)42(18-11-23-64-60(62)63)66-58(86)48(31-74)72-56(84)45(26-35-14-7-4-8-15-35)70-54(82)44(25-34-12-5-3-6-13-34)67-51(79)40(61)29-50(77)78/h4,7-10,14-17,19-22,30,33-34,40,42-49,65,74-76H,3,5-6,11-13,18,23-29,31-32,61H2,1-2H3,(H,66,86)(H,67,79)(H,68,83)(H,69,80)(H,70,82)(H,71,81)(H,72,84)(H,73,85)(H,77,78)(H,87,88)(H4,62,63,64)/t40-,42+,43-,44-,45-,46-,47-,48+,49-/m0/s1. The molecule has 0 unspecified atom stereocenters. The normalized spacial score (nSPS) is 15.5. The van der Waals surface area contributed by atoms with Crippen molar-refractivity contribution in [3.8, 4) is 5.75 Å². The molecule has 0 aliphatic heterocycles. The van der Waals surface area contributed by atoms with Crippen LogP contribution < -0.4 is 59.3 Å². The van der Waals surface area contributed by atoms with Crippen LogP contribution in [0.5, 0.6) is 5.75 Å². The van der Waals surface area contributed by atoms with Crippen LogP contribution in [-0.4, -0.2) is 170 Å². The molecule has 3 aromatic carbocycles. The van der Waals surface area contributed by atoms with E-state index < -0.39 is 139 Å². The molecule has 28 heteroatoms. The molecule has 0 spiro atoms. The second-order valence-corrected chi connectivity index (χ2v) is 22.4. The monoisotopic (exact) mass is 1230 g/mol. The minimum atomic E-state index is -1.79. The Kier molecular flexibility index (Phi) is 27.6. The van der Waals surface area contributed by atoms with Gasteiger partial charge in [-0.15, -0.1) is 0 Å². The predicted octanol–water partition coefficient (Wildman–Crippen LogP) is -1.07. The number of nitrogens with one attached hydrogen (secondary N) is 11. The van der Waals surface area contributed by atoms with E-state index in [1.165, 1.54) is 24.3 Å². The van der Waals surface area contributed by atoms with Gasteiger partial charge in [0.25, 0.3) is 0 Å². The Labute approximate surface area is 508 Å². The fraction of sp³-hybridized carbons (Fsp3) is 0.483. The Balaban J connectivity index is 1.41. The molecule has 88 heavy (non-hydrogen) atoms. The number of aromatic hydroxyl groups is 1. The van der Waals surface area contributed by atoms with Crippen LogP contribution in [0, 0.1) is 17.2 Å². The van der Waals surface area contributed by atoms with Gasteiger partial charge in [-0.1, -0.05) is 107 Å². The number of aromatic amines is 1. The van der Waals surface area contributed by atoms with Crippen LogP contribution in [0.15, 0.2) is 85.1 Å². The molecule has 0 radical (unpaired) electrons. The summed E-state index contributed by atoms with van der Waals surface area (Å²) in [7, 11) is 0. The van der Waals surface area contributed by atoms with Crippen molar-refractivity contribution in [3.05, 3.63) is 102 Å². The van der Waals surface area contributed by atoms with E-state index in [0.29, 0.717) is 27.6 Å². The van der Waals surface area contributed by atoms with Gasteiger partial charge in [0.05, 0.1) is 25.7 Å². The van der Waals surface area contributed by atoms with E-state index in [-0.39, 0.29) is 69.1 Å². The van der Waals surface area contributed by atoms with Crippen LogP contribution in [0.4, 0.5) is 0 Å². The van der Waals surface area contributed by atoms with Crippen molar-refractivity contribution in [2.75, 3.05) is 19.8 Å². The van der Waals surface area contributed by atoms with Gasteiger partial charge in [-0.2, -0.15) is 0 Å². The summed E-state index contributed by atoms with van der Waals surface area (Å²) in [5, 5.41) is 80.9. The average Bonchev–Trinajstić information content (AvgIpc) is 3.73.